The summed E-state index contributed by atoms with van der Waals surface area (Å²) < 4.78 is 1.64. The zero-order valence-corrected chi connectivity index (χ0v) is 16.3. The normalized spacial score (nSPS) is 11.0. The van der Waals surface area contributed by atoms with Crippen LogP contribution in [-0.4, -0.2) is 15.5 Å². The molecule has 0 aliphatic heterocycles. The first-order valence-corrected chi connectivity index (χ1v) is 9.76. The molecular weight excluding hydrogens is 370 g/mol. The minimum Gasteiger partial charge on any atom is -0.321 e. The van der Waals surface area contributed by atoms with Crippen molar-refractivity contribution >= 4 is 44.7 Å². The zero-order valence-electron chi connectivity index (χ0n) is 14.7. The van der Waals surface area contributed by atoms with Gasteiger partial charge in [0.1, 0.15) is 4.83 Å². The molecule has 1 amide bonds. The maximum atomic E-state index is 12.8. The van der Waals surface area contributed by atoms with Gasteiger partial charge in [-0.3, -0.25) is 14.2 Å². The van der Waals surface area contributed by atoms with Crippen molar-refractivity contribution in [3.8, 4) is 0 Å². The molecule has 5 nitrogen and oxygen atoms in total. The van der Waals surface area contributed by atoms with Crippen molar-refractivity contribution in [2.24, 2.45) is 0 Å². The van der Waals surface area contributed by atoms with Gasteiger partial charge in [-0.25, -0.2) is 4.98 Å². The molecule has 0 fully saturated rings. The van der Waals surface area contributed by atoms with Crippen LogP contribution in [0.1, 0.15) is 41.4 Å². The van der Waals surface area contributed by atoms with Crippen LogP contribution in [0, 0.1) is 6.92 Å². The minimum absolute atomic E-state index is 0.0818. The Hall–Kier alpha value is -2.18. The third-order valence-electron chi connectivity index (χ3n) is 4.21. The van der Waals surface area contributed by atoms with Crippen molar-refractivity contribution in [1.82, 2.24) is 9.55 Å². The summed E-state index contributed by atoms with van der Waals surface area (Å²) in [6.45, 7) is 4.57. The van der Waals surface area contributed by atoms with E-state index in [1.54, 1.807) is 42.1 Å². The Morgan fingerprint density at radius 1 is 1.35 bits per heavy atom. The highest BCUT2D eigenvalue weighted by Gasteiger charge is 2.19. The molecule has 0 saturated heterocycles. The molecule has 0 spiro atoms. The summed E-state index contributed by atoms with van der Waals surface area (Å²) in [5.41, 5.74) is 1.21. The molecule has 3 aromatic rings. The molecule has 0 aliphatic carbocycles. The van der Waals surface area contributed by atoms with Gasteiger partial charge in [0.15, 0.2) is 0 Å². The molecule has 26 heavy (non-hydrogen) atoms. The number of hydrogen-bond acceptors (Lipinski definition) is 4. The van der Waals surface area contributed by atoms with Crippen molar-refractivity contribution in [2.75, 3.05) is 5.32 Å². The Labute approximate surface area is 160 Å². The summed E-state index contributed by atoms with van der Waals surface area (Å²) in [6, 6.07) is 6.96. The number of anilines is 1. The maximum Gasteiger partial charge on any atom is 0.266 e. The number of nitrogens with zero attached hydrogens (tertiary/aromatic N) is 2. The number of fused-ring (bicyclic) bond motifs is 1. The molecule has 0 radical (unpaired) electrons. The first kappa shape index (κ1) is 18.6. The number of rotatable bonds is 6. The smallest absolute Gasteiger partial charge is 0.266 e. The Morgan fingerprint density at radius 2 is 2.15 bits per heavy atom. The molecular formula is C19H20ClN3O2S. The second-order valence-electron chi connectivity index (χ2n) is 6.15. The number of thiophene rings is 1. The van der Waals surface area contributed by atoms with E-state index in [1.165, 1.54) is 11.3 Å². The van der Waals surface area contributed by atoms with Crippen LogP contribution in [-0.2, 0) is 6.54 Å². The first-order chi connectivity index (χ1) is 12.5. The van der Waals surface area contributed by atoms with Crippen LogP contribution in [0.3, 0.4) is 0 Å². The molecule has 3 rings (SSSR count). The quantitative estimate of drug-likeness (QED) is 0.612. The topological polar surface area (TPSA) is 64.0 Å². The lowest BCUT2D eigenvalue weighted by atomic mass is 10.2. The van der Waals surface area contributed by atoms with Crippen molar-refractivity contribution in [3.63, 3.8) is 0 Å². The number of carbonyl (C=O) groups is 1. The number of carbonyl (C=O) groups excluding carboxylic acids is 1. The number of nitrogens with one attached hydrogen (secondary N) is 1. The number of amides is 1. The van der Waals surface area contributed by atoms with E-state index in [9.17, 15) is 9.59 Å². The average molecular weight is 390 g/mol. The van der Waals surface area contributed by atoms with Gasteiger partial charge in [0.2, 0.25) is 0 Å². The predicted octanol–water partition coefficient (Wildman–Crippen LogP) is 4.86. The fourth-order valence-corrected chi connectivity index (χ4v) is 4.05. The Kier molecular flexibility index (Phi) is 5.74. The van der Waals surface area contributed by atoms with Gasteiger partial charge in [-0.05, 0) is 37.1 Å². The number of unbranched alkanes of at least 4 members (excludes halogenated alkanes) is 2. The number of benzene rings is 1. The van der Waals surface area contributed by atoms with E-state index in [4.69, 9.17) is 11.6 Å². The van der Waals surface area contributed by atoms with E-state index in [2.05, 4.69) is 17.2 Å². The van der Waals surface area contributed by atoms with Gasteiger partial charge in [0, 0.05) is 17.3 Å². The summed E-state index contributed by atoms with van der Waals surface area (Å²) in [6.07, 6.45) is 4.68. The lowest BCUT2D eigenvalue weighted by Gasteiger charge is -2.05. The van der Waals surface area contributed by atoms with Crippen LogP contribution in [0.2, 0.25) is 5.02 Å². The van der Waals surface area contributed by atoms with Gasteiger partial charge in [0.25, 0.3) is 11.5 Å². The molecule has 0 aliphatic rings. The highest BCUT2D eigenvalue weighted by atomic mass is 35.5. The van der Waals surface area contributed by atoms with Crippen LogP contribution < -0.4 is 10.9 Å². The maximum absolute atomic E-state index is 12.8. The largest absolute Gasteiger partial charge is 0.321 e. The van der Waals surface area contributed by atoms with Crippen LogP contribution in [0.25, 0.3) is 10.2 Å². The van der Waals surface area contributed by atoms with Crippen molar-refractivity contribution in [1.29, 1.82) is 0 Å². The van der Waals surface area contributed by atoms with Gasteiger partial charge in [-0.15, -0.1) is 11.3 Å². The Bertz CT molecular complexity index is 1010. The predicted molar refractivity (Wildman–Crippen MR) is 108 cm³/mol. The minimum atomic E-state index is -0.260. The molecule has 2 heterocycles. The van der Waals surface area contributed by atoms with E-state index < -0.39 is 0 Å². The Balaban J connectivity index is 1.92. The third-order valence-corrected chi connectivity index (χ3v) is 5.64. The second-order valence-corrected chi connectivity index (χ2v) is 7.59. The van der Waals surface area contributed by atoms with Crippen molar-refractivity contribution in [3.05, 3.63) is 56.4 Å². The van der Waals surface area contributed by atoms with Crippen LogP contribution in [0.15, 0.2) is 35.4 Å². The fourth-order valence-electron chi connectivity index (χ4n) is 2.82. The molecule has 2 aromatic heterocycles. The monoisotopic (exact) mass is 389 g/mol. The Morgan fingerprint density at radius 3 is 2.88 bits per heavy atom. The number of aromatic nitrogens is 2. The fraction of sp³-hybridized carbons (Fsp3) is 0.316. The summed E-state index contributed by atoms with van der Waals surface area (Å²) in [4.78, 5) is 30.9. The van der Waals surface area contributed by atoms with Gasteiger partial charge in [-0.1, -0.05) is 37.4 Å². The molecule has 0 unspecified atom stereocenters. The van der Waals surface area contributed by atoms with E-state index in [0.717, 1.165) is 19.3 Å². The molecule has 1 N–H and O–H groups in total. The molecule has 136 valence electrons. The van der Waals surface area contributed by atoms with Crippen molar-refractivity contribution < 1.29 is 4.79 Å². The van der Waals surface area contributed by atoms with E-state index in [-0.39, 0.29) is 11.5 Å². The lowest BCUT2D eigenvalue weighted by molar-refractivity contribution is 0.103. The second kappa shape index (κ2) is 8.01. The van der Waals surface area contributed by atoms with E-state index in [1.807, 2.05) is 0 Å². The molecule has 1 aromatic carbocycles. The average Bonchev–Trinajstić information content (AvgIpc) is 2.95. The highest BCUT2D eigenvalue weighted by Crippen LogP contribution is 2.28. The molecule has 0 saturated carbocycles. The summed E-state index contributed by atoms with van der Waals surface area (Å²) >= 11 is 7.19. The van der Waals surface area contributed by atoms with E-state index >= 15 is 0 Å². The van der Waals surface area contributed by atoms with E-state index in [0.29, 0.717) is 37.9 Å². The van der Waals surface area contributed by atoms with Gasteiger partial charge in [0.05, 0.1) is 16.6 Å². The summed E-state index contributed by atoms with van der Waals surface area (Å²) in [5, 5.41) is 3.91. The number of hydrogen-bond donors (Lipinski definition) is 1. The van der Waals surface area contributed by atoms with Crippen LogP contribution in [0.4, 0.5) is 5.69 Å². The lowest BCUT2D eigenvalue weighted by Crippen LogP contribution is -2.20. The van der Waals surface area contributed by atoms with Crippen molar-refractivity contribution in [2.45, 2.75) is 39.7 Å². The summed E-state index contributed by atoms with van der Waals surface area (Å²) in [5.74, 6) is -0.260. The molecule has 7 heteroatoms. The first-order valence-electron chi connectivity index (χ1n) is 8.56. The molecule has 0 bridgehead atoms. The zero-order chi connectivity index (χ0) is 18.7. The van der Waals surface area contributed by atoms with Gasteiger partial charge >= 0.3 is 0 Å². The van der Waals surface area contributed by atoms with Gasteiger partial charge in [-0.2, -0.15) is 0 Å². The van der Waals surface area contributed by atoms with Crippen LogP contribution >= 0.6 is 22.9 Å². The van der Waals surface area contributed by atoms with Crippen LogP contribution in [0.5, 0.6) is 0 Å². The molecule has 0 atom stereocenters. The standard InChI is InChI=1S/C19H20ClN3O2S/c1-3-4-5-9-23-11-21-18-15(19(23)25)12(2)16(26-18)17(24)22-14-8-6-7-13(20)10-14/h6-8,10-11H,3-5,9H2,1-2H3,(H,22,24). The number of aryl methyl sites for hydroxylation is 2. The van der Waals surface area contributed by atoms with Gasteiger partial charge < -0.3 is 5.32 Å². The number of halogens is 1. The SMILES string of the molecule is CCCCCn1cnc2sc(C(=O)Nc3cccc(Cl)c3)c(C)c2c1=O. The third kappa shape index (κ3) is 3.81. The highest BCUT2D eigenvalue weighted by molar-refractivity contribution is 7.20. The summed E-state index contributed by atoms with van der Waals surface area (Å²) in [7, 11) is 0.